The number of hydrogen-bond donors (Lipinski definition) is 1. The predicted octanol–water partition coefficient (Wildman–Crippen LogP) is 2.64. The zero-order valence-corrected chi connectivity index (χ0v) is 11.9. The Morgan fingerprint density at radius 2 is 2.20 bits per heavy atom. The molecule has 1 aliphatic rings. The Bertz CT molecular complexity index is 565. The molecule has 1 atom stereocenters. The molecule has 1 aromatic carbocycles. The van der Waals surface area contributed by atoms with E-state index in [1.54, 1.807) is 17.3 Å². The Kier molecular flexibility index (Phi) is 3.44. The number of ether oxygens (including phenoxy) is 1. The first-order chi connectivity index (χ1) is 9.64. The number of benzene rings is 1. The van der Waals surface area contributed by atoms with Crippen LogP contribution in [0, 0.1) is 0 Å². The van der Waals surface area contributed by atoms with E-state index in [9.17, 15) is 0 Å². The number of nitrogens with zero attached hydrogens (tertiary/aromatic N) is 3. The van der Waals surface area contributed by atoms with Gasteiger partial charge in [-0.25, -0.2) is 9.67 Å². The van der Waals surface area contributed by atoms with Crippen molar-refractivity contribution in [2.75, 3.05) is 11.9 Å². The lowest BCUT2D eigenvalue weighted by Crippen LogP contribution is -2.40. The molecule has 1 fully saturated rings. The Morgan fingerprint density at radius 3 is 2.95 bits per heavy atom. The van der Waals surface area contributed by atoms with E-state index in [4.69, 9.17) is 4.74 Å². The molecule has 20 heavy (non-hydrogen) atoms. The van der Waals surface area contributed by atoms with Crippen LogP contribution in [-0.4, -0.2) is 33.0 Å². The molecule has 0 aliphatic carbocycles. The Morgan fingerprint density at radius 1 is 1.35 bits per heavy atom. The lowest BCUT2D eigenvalue weighted by atomic mass is 9.93. The fraction of sp³-hybridized carbons (Fsp3) is 0.467. The van der Waals surface area contributed by atoms with Gasteiger partial charge in [0.2, 0.25) is 0 Å². The predicted molar refractivity (Wildman–Crippen MR) is 78.0 cm³/mol. The van der Waals surface area contributed by atoms with Crippen LogP contribution >= 0.6 is 0 Å². The van der Waals surface area contributed by atoms with Crippen molar-refractivity contribution in [1.82, 2.24) is 14.8 Å². The van der Waals surface area contributed by atoms with Gasteiger partial charge in [0.25, 0.3) is 0 Å². The van der Waals surface area contributed by atoms with Crippen molar-refractivity contribution >= 4 is 5.69 Å². The van der Waals surface area contributed by atoms with Crippen LogP contribution in [0.1, 0.15) is 26.7 Å². The maximum Gasteiger partial charge on any atom is 0.138 e. The normalized spacial score (nSPS) is 21.6. The first kappa shape index (κ1) is 13.1. The van der Waals surface area contributed by atoms with Crippen molar-refractivity contribution in [3.8, 4) is 5.69 Å². The minimum absolute atomic E-state index is 0.0574. The molecule has 0 spiro atoms. The third-order valence-corrected chi connectivity index (χ3v) is 3.63. The second-order valence-electron chi connectivity index (χ2n) is 5.80. The summed E-state index contributed by atoms with van der Waals surface area (Å²) < 4.78 is 7.55. The van der Waals surface area contributed by atoms with Crippen molar-refractivity contribution in [2.24, 2.45) is 0 Å². The number of nitrogens with one attached hydrogen (secondary N) is 1. The number of hydrogen-bond acceptors (Lipinski definition) is 4. The standard InChI is InChI=1S/C15H20N4O/c1-15(2)9-12(7-8-20-15)18-13-5-3-4-6-14(13)19-11-16-10-17-19/h3-6,10-12,18H,7-9H2,1-2H3. The smallest absolute Gasteiger partial charge is 0.138 e. The summed E-state index contributed by atoms with van der Waals surface area (Å²) in [6.45, 7) is 5.09. The number of anilines is 1. The van der Waals surface area contributed by atoms with Crippen LogP contribution in [0.5, 0.6) is 0 Å². The third kappa shape index (κ3) is 2.82. The van der Waals surface area contributed by atoms with Crippen molar-refractivity contribution in [3.63, 3.8) is 0 Å². The van der Waals surface area contributed by atoms with Crippen molar-refractivity contribution in [3.05, 3.63) is 36.9 Å². The fourth-order valence-electron chi connectivity index (χ4n) is 2.70. The van der Waals surface area contributed by atoms with E-state index in [0.29, 0.717) is 6.04 Å². The lowest BCUT2D eigenvalue weighted by molar-refractivity contribution is -0.0553. The molecular formula is C15H20N4O. The van der Waals surface area contributed by atoms with Gasteiger partial charge in [-0.2, -0.15) is 5.10 Å². The van der Waals surface area contributed by atoms with E-state index in [2.05, 4.69) is 35.3 Å². The molecule has 1 aliphatic heterocycles. The van der Waals surface area contributed by atoms with Crippen LogP contribution in [0.4, 0.5) is 5.69 Å². The molecule has 1 unspecified atom stereocenters. The van der Waals surface area contributed by atoms with E-state index < -0.39 is 0 Å². The Labute approximate surface area is 119 Å². The fourth-order valence-corrected chi connectivity index (χ4v) is 2.70. The molecule has 0 amide bonds. The van der Waals surface area contributed by atoms with Crippen LogP contribution in [0.25, 0.3) is 5.69 Å². The van der Waals surface area contributed by atoms with Crippen molar-refractivity contribution in [2.45, 2.75) is 38.3 Å². The highest BCUT2D eigenvalue weighted by Gasteiger charge is 2.29. The Hall–Kier alpha value is -1.88. The quantitative estimate of drug-likeness (QED) is 0.933. The summed E-state index contributed by atoms with van der Waals surface area (Å²) in [5.74, 6) is 0. The van der Waals surface area contributed by atoms with E-state index in [-0.39, 0.29) is 5.60 Å². The highest BCUT2D eigenvalue weighted by molar-refractivity contribution is 5.60. The summed E-state index contributed by atoms with van der Waals surface area (Å²) in [4.78, 5) is 4.01. The van der Waals surface area contributed by atoms with Gasteiger partial charge in [-0.1, -0.05) is 12.1 Å². The molecule has 106 valence electrons. The number of rotatable bonds is 3. The van der Waals surface area contributed by atoms with E-state index in [0.717, 1.165) is 30.8 Å². The van der Waals surface area contributed by atoms with Gasteiger partial charge >= 0.3 is 0 Å². The average molecular weight is 272 g/mol. The lowest BCUT2D eigenvalue weighted by Gasteiger charge is -2.36. The zero-order chi connectivity index (χ0) is 14.0. The van der Waals surface area contributed by atoms with Gasteiger partial charge in [0.15, 0.2) is 0 Å². The average Bonchev–Trinajstić information content (AvgIpc) is 2.92. The molecule has 1 N–H and O–H groups in total. The SMILES string of the molecule is CC1(C)CC(Nc2ccccc2-n2cncn2)CCO1. The van der Waals surface area contributed by atoms with E-state index in [1.807, 2.05) is 18.2 Å². The first-order valence-electron chi connectivity index (χ1n) is 6.99. The van der Waals surface area contributed by atoms with Gasteiger partial charge in [-0.15, -0.1) is 0 Å². The summed E-state index contributed by atoms with van der Waals surface area (Å²) in [5, 5.41) is 7.83. The third-order valence-electron chi connectivity index (χ3n) is 3.63. The van der Waals surface area contributed by atoms with Crippen LogP contribution in [0.2, 0.25) is 0 Å². The van der Waals surface area contributed by atoms with Gasteiger partial charge < -0.3 is 10.1 Å². The minimum atomic E-state index is -0.0574. The molecule has 0 radical (unpaired) electrons. The molecular weight excluding hydrogens is 252 g/mol. The second-order valence-corrected chi connectivity index (χ2v) is 5.80. The summed E-state index contributed by atoms with van der Waals surface area (Å²) in [5.41, 5.74) is 2.05. The van der Waals surface area contributed by atoms with Crippen LogP contribution in [0.3, 0.4) is 0 Å². The summed E-state index contributed by atoms with van der Waals surface area (Å²) in [6.07, 6.45) is 5.29. The van der Waals surface area contributed by atoms with E-state index >= 15 is 0 Å². The topological polar surface area (TPSA) is 52.0 Å². The molecule has 1 saturated heterocycles. The number of aromatic nitrogens is 3. The van der Waals surface area contributed by atoms with Gasteiger partial charge in [0, 0.05) is 12.6 Å². The zero-order valence-electron chi connectivity index (χ0n) is 11.9. The highest BCUT2D eigenvalue weighted by atomic mass is 16.5. The van der Waals surface area contributed by atoms with Gasteiger partial charge in [-0.3, -0.25) is 0 Å². The molecule has 2 heterocycles. The van der Waals surface area contributed by atoms with Gasteiger partial charge in [-0.05, 0) is 38.8 Å². The minimum Gasteiger partial charge on any atom is -0.380 e. The molecule has 0 bridgehead atoms. The van der Waals surface area contributed by atoms with Crippen molar-refractivity contribution < 1.29 is 4.74 Å². The maximum absolute atomic E-state index is 5.77. The van der Waals surface area contributed by atoms with Gasteiger partial charge in [0.1, 0.15) is 12.7 Å². The molecule has 3 rings (SSSR count). The molecule has 1 aromatic heterocycles. The van der Waals surface area contributed by atoms with Crippen LogP contribution in [0.15, 0.2) is 36.9 Å². The monoisotopic (exact) mass is 272 g/mol. The summed E-state index contributed by atoms with van der Waals surface area (Å²) in [7, 11) is 0. The molecule has 2 aromatic rings. The summed E-state index contributed by atoms with van der Waals surface area (Å²) >= 11 is 0. The van der Waals surface area contributed by atoms with E-state index in [1.165, 1.54) is 0 Å². The largest absolute Gasteiger partial charge is 0.380 e. The highest BCUT2D eigenvalue weighted by Crippen LogP contribution is 2.28. The summed E-state index contributed by atoms with van der Waals surface area (Å²) in [6, 6.07) is 8.59. The van der Waals surface area contributed by atoms with Gasteiger partial charge in [0.05, 0.1) is 17.0 Å². The first-order valence-corrected chi connectivity index (χ1v) is 6.99. The second kappa shape index (κ2) is 5.25. The number of para-hydroxylation sites is 2. The molecule has 5 heteroatoms. The Balaban J connectivity index is 1.81. The van der Waals surface area contributed by atoms with Crippen LogP contribution < -0.4 is 5.32 Å². The molecule has 0 saturated carbocycles. The van der Waals surface area contributed by atoms with Crippen LogP contribution in [-0.2, 0) is 4.74 Å². The van der Waals surface area contributed by atoms with Crippen molar-refractivity contribution in [1.29, 1.82) is 0 Å². The molecule has 5 nitrogen and oxygen atoms in total. The maximum atomic E-state index is 5.77.